The first-order valence-corrected chi connectivity index (χ1v) is 12.0. The topological polar surface area (TPSA) is 57.7 Å². The van der Waals surface area contributed by atoms with Crippen molar-refractivity contribution in [3.05, 3.63) is 65.5 Å². The Labute approximate surface area is 177 Å². The van der Waals surface area contributed by atoms with Gasteiger partial charge < -0.3 is 4.90 Å². The van der Waals surface area contributed by atoms with Crippen LogP contribution in [0, 0.1) is 5.82 Å². The highest BCUT2D eigenvalue weighted by Gasteiger charge is 2.30. The van der Waals surface area contributed by atoms with Gasteiger partial charge in [-0.1, -0.05) is 24.3 Å². The van der Waals surface area contributed by atoms with Crippen molar-refractivity contribution in [1.29, 1.82) is 0 Å². The molecule has 0 N–H and O–H groups in total. The number of hydrogen-bond donors (Lipinski definition) is 0. The van der Waals surface area contributed by atoms with Crippen molar-refractivity contribution in [3.8, 4) is 0 Å². The van der Waals surface area contributed by atoms with E-state index in [2.05, 4.69) is 0 Å². The zero-order valence-electron chi connectivity index (χ0n) is 17.0. The fourth-order valence-corrected chi connectivity index (χ4v) is 5.91. The number of benzene rings is 2. The molecule has 7 heteroatoms. The number of likely N-dealkylation sites (tertiary alicyclic amines) is 1. The van der Waals surface area contributed by atoms with Crippen LogP contribution in [0.5, 0.6) is 0 Å². The highest BCUT2D eigenvalue weighted by molar-refractivity contribution is 7.89. The quantitative estimate of drug-likeness (QED) is 0.698. The summed E-state index contributed by atoms with van der Waals surface area (Å²) in [7, 11) is -3.41. The number of hydrogen-bond acceptors (Lipinski definition) is 3. The minimum atomic E-state index is -3.41. The van der Waals surface area contributed by atoms with E-state index in [9.17, 15) is 17.6 Å². The van der Waals surface area contributed by atoms with E-state index >= 15 is 0 Å². The molecular weight excluding hydrogens is 403 g/mol. The molecule has 5 nitrogen and oxygen atoms in total. The third kappa shape index (κ3) is 4.42. The van der Waals surface area contributed by atoms with E-state index in [0.29, 0.717) is 37.4 Å². The summed E-state index contributed by atoms with van der Waals surface area (Å²) in [6.45, 7) is 1.89. The first-order chi connectivity index (χ1) is 14.4. The third-order valence-corrected chi connectivity index (χ3v) is 7.99. The van der Waals surface area contributed by atoms with Crippen LogP contribution in [0.3, 0.4) is 0 Å². The Morgan fingerprint density at radius 2 is 1.60 bits per heavy atom. The lowest BCUT2D eigenvalue weighted by Crippen LogP contribution is -2.30. The molecule has 1 atom stereocenters. The maximum atomic E-state index is 13.2. The molecule has 0 unspecified atom stereocenters. The van der Waals surface area contributed by atoms with Crippen molar-refractivity contribution in [2.24, 2.45) is 0 Å². The maximum absolute atomic E-state index is 13.2. The van der Waals surface area contributed by atoms with Crippen LogP contribution in [0.4, 0.5) is 4.39 Å². The van der Waals surface area contributed by atoms with Crippen LogP contribution in [0.2, 0.25) is 0 Å². The van der Waals surface area contributed by atoms with Gasteiger partial charge in [0.05, 0.1) is 10.9 Å². The Balaban J connectivity index is 1.37. The number of sulfonamides is 1. The van der Waals surface area contributed by atoms with Gasteiger partial charge in [-0.05, 0) is 67.5 Å². The second-order valence-corrected chi connectivity index (χ2v) is 9.99. The number of carbonyl (C=O) groups excluding carboxylic acids is 1. The molecule has 0 aliphatic carbocycles. The third-order valence-electron chi connectivity index (χ3n) is 6.08. The second-order valence-electron chi connectivity index (χ2n) is 8.05. The monoisotopic (exact) mass is 430 g/mol. The van der Waals surface area contributed by atoms with E-state index in [-0.39, 0.29) is 17.8 Å². The van der Waals surface area contributed by atoms with Gasteiger partial charge in [0.25, 0.3) is 0 Å². The first-order valence-electron chi connectivity index (χ1n) is 10.6. The standard InChI is InChI=1S/C23H27FN2O3S/c24-20-10-8-19(9-11-20)22-4-3-17-26(22)23(27)14-7-18-5-12-21(13-6-18)30(28,29)25-15-1-2-16-25/h5-6,8-13,22H,1-4,7,14-17H2/t22-/m1/s1. The van der Waals surface area contributed by atoms with E-state index in [0.717, 1.165) is 36.8 Å². The molecule has 0 spiro atoms. The van der Waals surface area contributed by atoms with E-state index in [1.807, 2.05) is 4.90 Å². The van der Waals surface area contributed by atoms with Crippen LogP contribution in [-0.4, -0.2) is 43.2 Å². The van der Waals surface area contributed by atoms with Crippen molar-refractivity contribution in [3.63, 3.8) is 0 Å². The van der Waals surface area contributed by atoms with Gasteiger partial charge in [0, 0.05) is 26.1 Å². The van der Waals surface area contributed by atoms with E-state index in [1.54, 1.807) is 36.4 Å². The van der Waals surface area contributed by atoms with Crippen LogP contribution >= 0.6 is 0 Å². The lowest BCUT2D eigenvalue weighted by Gasteiger charge is -2.25. The fourth-order valence-electron chi connectivity index (χ4n) is 4.40. The highest BCUT2D eigenvalue weighted by Crippen LogP contribution is 2.32. The average molecular weight is 431 g/mol. The Hall–Kier alpha value is -2.25. The van der Waals surface area contributed by atoms with Crippen LogP contribution in [0.25, 0.3) is 0 Å². The molecule has 0 radical (unpaired) electrons. The van der Waals surface area contributed by atoms with Crippen LogP contribution in [0.1, 0.15) is 49.3 Å². The van der Waals surface area contributed by atoms with E-state index in [1.165, 1.54) is 16.4 Å². The lowest BCUT2D eigenvalue weighted by molar-refractivity contribution is -0.132. The van der Waals surface area contributed by atoms with Crippen LogP contribution in [0.15, 0.2) is 53.4 Å². The van der Waals surface area contributed by atoms with Gasteiger partial charge in [0.1, 0.15) is 5.82 Å². The van der Waals surface area contributed by atoms with Crippen molar-refractivity contribution >= 4 is 15.9 Å². The molecule has 2 saturated heterocycles. The van der Waals surface area contributed by atoms with E-state index in [4.69, 9.17) is 0 Å². The van der Waals surface area contributed by atoms with Gasteiger partial charge in [-0.3, -0.25) is 4.79 Å². The molecular formula is C23H27FN2O3S. The predicted octanol–water partition coefficient (Wildman–Crippen LogP) is 3.91. The van der Waals surface area contributed by atoms with Crippen LogP contribution in [-0.2, 0) is 21.2 Å². The average Bonchev–Trinajstić information content (AvgIpc) is 3.45. The molecule has 2 aliphatic rings. The van der Waals surface area contributed by atoms with Gasteiger partial charge >= 0.3 is 0 Å². The summed E-state index contributed by atoms with van der Waals surface area (Å²) in [5.41, 5.74) is 1.92. The lowest BCUT2D eigenvalue weighted by atomic mass is 10.0. The smallest absolute Gasteiger partial charge is 0.243 e. The molecule has 2 fully saturated rings. The summed E-state index contributed by atoms with van der Waals surface area (Å²) in [6.07, 6.45) is 4.59. The number of aryl methyl sites for hydroxylation is 1. The molecule has 2 aliphatic heterocycles. The molecule has 2 heterocycles. The fraction of sp³-hybridized carbons (Fsp3) is 0.435. The molecule has 0 aromatic heterocycles. The summed E-state index contributed by atoms with van der Waals surface area (Å²) in [5.74, 6) is -0.194. The van der Waals surface area contributed by atoms with Crippen molar-refractivity contribution in [1.82, 2.24) is 9.21 Å². The first kappa shape index (κ1) is 21.0. The maximum Gasteiger partial charge on any atom is 0.243 e. The van der Waals surface area contributed by atoms with Gasteiger partial charge in [-0.15, -0.1) is 0 Å². The predicted molar refractivity (Wildman–Crippen MR) is 113 cm³/mol. The van der Waals surface area contributed by atoms with E-state index < -0.39 is 10.0 Å². The van der Waals surface area contributed by atoms with Crippen molar-refractivity contribution < 1.29 is 17.6 Å². The van der Waals surface area contributed by atoms with Gasteiger partial charge in [0.2, 0.25) is 15.9 Å². The van der Waals surface area contributed by atoms with Gasteiger partial charge in [-0.2, -0.15) is 4.31 Å². The Morgan fingerprint density at radius 1 is 0.933 bits per heavy atom. The van der Waals surface area contributed by atoms with Crippen molar-refractivity contribution in [2.45, 2.75) is 49.5 Å². The molecule has 2 aromatic carbocycles. The summed E-state index contributed by atoms with van der Waals surface area (Å²) >= 11 is 0. The number of amides is 1. The molecule has 1 amide bonds. The zero-order chi connectivity index (χ0) is 21.1. The summed E-state index contributed by atoms with van der Waals surface area (Å²) in [5, 5.41) is 0. The SMILES string of the molecule is O=C(CCc1ccc(S(=O)(=O)N2CCCC2)cc1)N1CCC[C@@H]1c1ccc(F)cc1. The summed E-state index contributed by atoms with van der Waals surface area (Å²) < 4.78 is 40.0. The zero-order valence-corrected chi connectivity index (χ0v) is 17.8. The Morgan fingerprint density at radius 3 is 2.27 bits per heavy atom. The largest absolute Gasteiger partial charge is 0.336 e. The molecule has 0 bridgehead atoms. The van der Waals surface area contributed by atoms with Gasteiger partial charge in [0.15, 0.2) is 0 Å². The number of nitrogens with zero attached hydrogens (tertiary/aromatic N) is 2. The Kier molecular flexibility index (Phi) is 6.20. The highest BCUT2D eigenvalue weighted by atomic mass is 32.2. The molecule has 2 aromatic rings. The van der Waals surface area contributed by atoms with Crippen LogP contribution < -0.4 is 0 Å². The van der Waals surface area contributed by atoms with Gasteiger partial charge in [-0.25, -0.2) is 12.8 Å². The molecule has 0 saturated carbocycles. The summed E-state index contributed by atoms with van der Waals surface area (Å²) in [4.78, 5) is 15.0. The van der Waals surface area contributed by atoms with Crippen molar-refractivity contribution in [2.75, 3.05) is 19.6 Å². The normalized spacial score (nSPS) is 20.0. The molecule has 4 rings (SSSR count). The minimum absolute atomic E-state index is 0.00563. The summed E-state index contributed by atoms with van der Waals surface area (Å²) in [6, 6.07) is 13.3. The molecule has 160 valence electrons. The molecule has 30 heavy (non-hydrogen) atoms. The second kappa shape index (κ2) is 8.86. The number of halogens is 1. The Bertz CT molecular complexity index is 984. The minimum Gasteiger partial charge on any atom is -0.336 e. The number of carbonyl (C=O) groups is 1. The number of rotatable bonds is 6.